The molecule has 0 N–H and O–H groups in total. The van der Waals surface area contributed by atoms with E-state index in [-0.39, 0.29) is 0 Å². The van der Waals surface area contributed by atoms with E-state index in [0.29, 0.717) is 11.5 Å². The molecule has 5 aromatic heterocycles. The van der Waals surface area contributed by atoms with E-state index in [1.807, 2.05) is 40.9 Å². The Kier molecular flexibility index (Phi) is 4.84. The van der Waals surface area contributed by atoms with Crippen LogP contribution in [0.25, 0.3) is 101 Å². The molecule has 0 unspecified atom stereocenters. The number of thiophene rings is 2. The van der Waals surface area contributed by atoms with Gasteiger partial charge in [0.1, 0.15) is 16.8 Å². The molecule has 11 aromatic rings. The second kappa shape index (κ2) is 9.01. The number of nitrogens with zero attached hydrogens (tertiary/aromatic N) is 3. The number of hydrogen-bond acceptors (Lipinski definition) is 5. The van der Waals surface area contributed by atoms with Crippen molar-refractivity contribution < 1.29 is 4.42 Å². The molecule has 0 aliphatic heterocycles. The van der Waals surface area contributed by atoms with Gasteiger partial charge in [0.25, 0.3) is 0 Å². The Bertz CT molecular complexity index is 3050. The number of benzene rings is 6. The van der Waals surface area contributed by atoms with E-state index in [9.17, 15) is 0 Å². The standard InChI is InChI=1S/C40H21N3OS2/c1-5-13-28-24(10-1)35-29(18-20-34-36(35)26-12-4-8-16-32(26)46-34)43(28)40-41-37(39-38(42-40)25-11-2-6-14-30(25)44-39)22-17-19-33-27(21-22)23-9-3-7-15-31(23)45-33/h1-21H. The van der Waals surface area contributed by atoms with Crippen molar-refractivity contribution in [1.82, 2.24) is 14.5 Å². The third-order valence-corrected chi connectivity index (χ3v) is 11.5. The van der Waals surface area contributed by atoms with Crippen LogP contribution in [0, 0.1) is 0 Å². The lowest BCUT2D eigenvalue weighted by Gasteiger charge is -2.10. The predicted octanol–water partition coefficient (Wildman–Crippen LogP) is 11.9. The highest BCUT2D eigenvalue weighted by molar-refractivity contribution is 7.26. The first kappa shape index (κ1) is 24.7. The number of hydrogen-bond donors (Lipinski definition) is 0. The van der Waals surface area contributed by atoms with Crippen molar-refractivity contribution in [2.24, 2.45) is 0 Å². The largest absolute Gasteiger partial charge is 0.452 e. The van der Waals surface area contributed by atoms with Gasteiger partial charge < -0.3 is 4.42 Å². The van der Waals surface area contributed by atoms with Crippen LogP contribution in [0.2, 0.25) is 0 Å². The van der Waals surface area contributed by atoms with Crippen molar-refractivity contribution in [3.05, 3.63) is 127 Å². The van der Waals surface area contributed by atoms with E-state index in [4.69, 9.17) is 14.4 Å². The topological polar surface area (TPSA) is 43.9 Å². The first-order valence-electron chi connectivity index (χ1n) is 15.2. The summed E-state index contributed by atoms with van der Waals surface area (Å²) in [6, 6.07) is 45.2. The number of rotatable bonds is 2. The second-order valence-corrected chi connectivity index (χ2v) is 13.9. The zero-order chi connectivity index (χ0) is 29.9. The van der Waals surface area contributed by atoms with Crippen LogP contribution >= 0.6 is 22.7 Å². The van der Waals surface area contributed by atoms with E-state index in [1.165, 1.54) is 51.1 Å². The molecule has 0 saturated carbocycles. The van der Waals surface area contributed by atoms with Crippen LogP contribution in [-0.4, -0.2) is 14.5 Å². The van der Waals surface area contributed by atoms with Gasteiger partial charge in [-0.15, -0.1) is 22.7 Å². The number of fused-ring (bicyclic) bond motifs is 13. The molecule has 6 aromatic carbocycles. The summed E-state index contributed by atoms with van der Waals surface area (Å²) in [5.41, 5.74) is 6.31. The number of aromatic nitrogens is 3. The first-order chi connectivity index (χ1) is 22.8. The van der Waals surface area contributed by atoms with Gasteiger partial charge in [-0.1, -0.05) is 72.8 Å². The van der Waals surface area contributed by atoms with Gasteiger partial charge in [-0.25, -0.2) is 9.97 Å². The fraction of sp³-hybridized carbons (Fsp3) is 0. The van der Waals surface area contributed by atoms with E-state index < -0.39 is 0 Å². The van der Waals surface area contributed by atoms with Crippen molar-refractivity contribution in [1.29, 1.82) is 0 Å². The molecular weight excluding hydrogens is 603 g/mol. The van der Waals surface area contributed by atoms with Gasteiger partial charge in [0, 0.05) is 62.1 Å². The summed E-state index contributed by atoms with van der Waals surface area (Å²) in [6.45, 7) is 0. The lowest BCUT2D eigenvalue weighted by Crippen LogP contribution is -2.02. The van der Waals surface area contributed by atoms with Crippen LogP contribution in [0.1, 0.15) is 0 Å². The van der Waals surface area contributed by atoms with Crippen LogP contribution in [-0.2, 0) is 0 Å². The van der Waals surface area contributed by atoms with Crippen LogP contribution < -0.4 is 0 Å². The molecule has 0 atom stereocenters. The van der Waals surface area contributed by atoms with E-state index in [0.717, 1.165) is 38.8 Å². The van der Waals surface area contributed by atoms with Crippen LogP contribution in [0.5, 0.6) is 0 Å². The van der Waals surface area contributed by atoms with Crippen LogP contribution in [0.15, 0.2) is 132 Å². The molecule has 214 valence electrons. The van der Waals surface area contributed by atoms with Gasteiger partial charge in [0.2, 0.25) is 5.95 Å². The fourth-order valence-corrected chi connectivity index (χ4v) is 9.44. The molecule has 0 aliphatic rings. The van der Waals surface area contributed by atoms with Gasteiger partial charge in [0.05, 0.1) is 11.0 Å². The SMILES string of the molecule is c1ccc2c(c1)oc1c(-c3ccc4sc5ccccc5c4c3)nc(-n3c4ccccc4c4c5c(ccc43)sc3ccccc35)nc12. The van der Waals surface area contributed by atoms with Gasteiger partial charge in [-0.3, -0.25) is 4.57 Å². The fourth-order valence-electron chi connectivity index (χ4n) is 7.24. The maximum Gasteiger partial charge on any atom is 0.236 e. The average molecular weight is 624 g/mol. The second-order valence-electron chi connectivity index (χ2n) is 11.7. The quantitative estimate of drug-likeness (QED) is 0.192. The molecule has 6 heteroatoms. The Morgan fingerprint density at radius 3 is 2.07 bits per heavy atom. The molecule has 5 heterocycles. The van der Waals surface area contributed by atoms with Crippen molar-refractivity contribution in [3.8, 4) is 17.2 Å². The molecule has 0 aliphatic carbocycles. The molecule has 0 amide bonds. The zero-order valence-corrected chi connectivity index (χ0v) is 25.8. The van der Waals surface area contributed by atoms with Gasteiger partial charge in [-0.05, 0) is 54.6 Å². The van der Waals surface area contributed by atoms with Crippen LogP contribution in [0.4, 0.5) is 0 Å². The van der Waals surface area contributed by atoms with Crippen molar-refractivity contribution >= 4 is 107 Å². The normalized spacial score (nSPS) is 12.3. The molecule has 0 spiro atoms. The predicted molar refractivity (Wildman–Crippen MR) is 195 cm³/mol. The maximum absolute atomic E-state index is 6.53. The summed E-state index contributed by atoms with van der Waals surface area (Å²) in [6.07, 6.45) is 0. The highest BCUT2D eigenvalue weighted by Crippen LogP contribution is 2.44. The highest BCUT2D eigenvalue weighted by atomic mass is 32.1. The lowest BCUT2D eigenvalue weighted by molar-refractivity contribution is 0.666. The molecule has 0 radical (unpaired) electrons. The molecule has 11 rings (SSSR count). The molecule has 0 saturated heterocycles. The Balaban J connectivity index is 1.28. The Hall–Kier alpha value is -5.56. The number of furan rings is 1. The van der Waals surface area contributed by atoms with Crippen molar-refractivity contribution in [2.45, 2.75) is 0 Å². The third kappa shape index (κ3) is 3.27. The monoisotopic (exact) mass is 623 g/mol. The molecule has 0 fully saturated rings. The molecular formula is C40H21N3OS2. The van der Waals surface area contributed by atoms with Gasteiger partial charge in [-0.2, -0.15) is 0 Å². The van der Waals surface area contributed by atoms with Crippen LogP contribution in [0.3, 0.4) is 0 Å². The van der Waals surface area contributed by atoms with E-state index in [2.05, 4.69) is 114 Å². The average Bonchev–Trinajstić information content (AvgIpc) is 3.86. The summed E-state index contributed by atoms with van der Waals surface area (Å²) in [7, 11) is 0. The summed E-state index contributed by atoms with van der Waals surface area (Å²) >= 11 is 3.66. The minimum Gasteiger partial charge on any atom is -0.452 e. The first-order valence-corrected chi connectivity index (χ1v) is 16.9. The Morgan fingerprint density at radius 1 is 0.500 bits per heavy atom. The van der Waals surface area contributed by atoms with Crippen molar-refractivity contribution in [3.63, 3.8) is 0 Å². The van der Waals surface area contributed by atoms with Gasteiger partial charge in [0.15, 0.2) is 5.58 Å². The summed E-state index contributed by atoms with van der Waals surface area (Å²) in [4.78, 5) is 10.7. The lowest BCUT2D eigenvalue weighted by atomic mass is 10.1. The Labute approximate surface area is 269 Å². The molecule has 0 bridgehead atoms. The summed E-state index contributed by atoms with van der Waals surface area (Å²) < 4.78 is 13.9. The van der Waals surface area contributed by atoms with Gasteiger partial charge >= 0.3 is 0 Å². The minimum absolute atomic E-state index is 0.634. The third-order valence-electron chi connectivity index (χ3n) is 9.23. The smallest absolute Gasteiger partial charge is 0.236 e. The zero-order valence-electron chi connectivity index (χ0n) is 24.2. The molecule has 46 heavy (non-hydrogen) atoms. The summed E-state index contributed by atoms with van der Waals surface area (Å²) in [5.74, 6) is 0.634. The maximum atomic E-state index is 6.53. The number of para-hydroxylation sites is 2. The molecule has 4 nitrogen and oxygen atoms in total. The summed E-state index contributed by atoms with van der Waals surface area (Å²) in [5, 5.41) is 8.47. The van der Waals surface area contributed by atoms with E-state index >= 15 is 0 Å². The highest BCUT2D eigenvalue weighted by Gasteiger charge is 2.23. The van der Waals surface area contributed by atoms with Crippen molar-refractivity contribution in [2.75, 3.05) is 0 Å². The minimum atomic E-state index is 0.634. The van der Waals surface area contributed by atoms with E-state index in [1.54, 1.807) is 0 Å². The Morgan fingerprint density at radius 2 is 1.17 bits per heavy atom.